The first kappa shape index (κ1) is 23.9. The minimum absolute atomic E-state index is 0.0202. The van der Waals surface area contributed by atoms with Crippen LogP contribution in [0.5, 0.6) is 5.75 Å². The summed E-state index contributed by atoms with van der Waals surface area (Å²) >= 11 is 13.9. The van der Waals surface area contributed by atoms with E-state index in [0.717, 1.165) is 6.04 Å². The van der Waals surface area contributed by atoms with E-state index in [2.05, 4.69) is 19.6 Å². The van der Waals surface area contributed by atoms with Gasteiger partial charge in [-0.1, -0.05) is 42.8 Å². The summed E-state index contributed by atoms with van der Waals surface area (Å²) in [4.78, 5) is 26.4. The Balaban J connectivity index is 2.04. The van der Waals surface area contributed by atoms with Crippen molar-refractivity contribution >= 4 is 65.4 Å². The second kappa shape index (κ2) is 9.36. The van der Waals surface area contributed by atoms with Crippen molar-refractivity contribution in [3.63, 3.8) is 0 Å². The van der Waals surface area contributed by atoms with Crippen molar-refractivity contribution in [2.45, 2.75) is 39.0 Å². The molecular formula is C22H25Cl2NO4SSi. The van der Waals surface area contributed by atoms with Gasteiger partial charge in [-0.3, -0.25) is 14.2 Å². The van der Waals surface area contributed by atoms with Crippen LogP contribution in [0.15, 0.2) is 24.3 Å². The summed E-state index contributed by atoms with van der Waals surface area (Å²) in [5, 5.41) is 0.987. The number of ether oxygens (including phenoxy) is 2. The maximum absolute atomic E-state index is 13.3. The third kappa shape index (κ3) is 5.17. The molecule has 0 amide bonds. The number of fused-ring (bicyclic) bond motifs is 1. The van der Waals surface area contributed by atoms with Gasteiger partial charge < -0.3 is 9.47 Å². The summed E-state index contributed by atoms with van der Waals surface area (Å²) in [6, 6.07) is 7.76. The summed E-state index contributed by atoms with van der Waals surface area (Å²) < 4.78 is 13.0. The number of carbonyl (C=O) groups excluding carboxylic acids is 2. The molecule has 0 saturated heterocycles. The number of rotatable bonds is 7. The monoisotopic (exact) mass is 497 g/mol. The molecule has 0 bridgehead atoms. The molecule has 5 nitrogen and oxygen atoms in total. The van der Waals surface area contributed by atoms with Gasteiger partial charge in [-0.05, 0) is 42.8 Å². The molecule has 0 saturated carbocycles. The Bertz CT molecular complexity index is 1150. The van der Waals surface area contributed by atoms with Gasteiger partial charge in [-0.25, -0.2) is 0 Å². The zero-order valence-electron chi connectivity index (χ0n) is 18.2. The van der Waals surface area contributed by atoms with Crippen molar-refractivity contribution in [2.75, 3.05) is 13.7 Å². The molecule has 9 heteroatoms. The third-order valence-electron chi connectivity index (χ3n) is 5.04. The number of halogens is 2. The normalized spacial score (nSPS) is 11.7. The Hall–Kier alpha value is -1.80. The van der Waals surface area contributed by atoms with Crippen LogP contribution >= 0.6 is 34.5 Å². The van der Waals surface area contributed by atoms with Gasteiger partial charge in [0.25, 0.3) is 5.91 Å². The highest BCUT2D eigenvalue weighted by atomic mass is 35.5. The van der Waals surface area contributed by atoms with E-state index < -0.39 is 8.07 Å². The van der Waals surface area contributed by atoms with E-state index in [4.69, 9.17) is 32.7 Å². The molecule has 0 aliphatic heterocycles. The zero-order chi connectivity index (χ0) is 22.9. The number of esters is 1. The maximum Gasteiger partial charge on any atom is 0.310 e. The van der Waals surface area contributed by atoms with Gasteiger partial charge in [-0.15, -0.1) is 11.3 Å². The topological polar surface area (TPSA) is 57.5 Å². The molecule has 0 spiro atoms. The first-order valence-corrected chi connectivity index (χ1v) is 15.1. The number of carbonyl (C=O) groups is 2. The van der Waals surface area contributed by atoms with Crippen molar-refractivity contribution in [1.82, 2.24) is 4.57 Å². The van der Waals surface area contributed by atoms with Crippen LogP contribution in [0.25, 0.3) is 10.9 Å². The lowest BCUT2D eigenvalue weighted by Gasteiger charge is -2.15. The Morgan fingerprint density at radius 3 is 2.42 bits per heavy atom. The van der Waals surface area contributed by atoms with Gasteiger partial charge in [0, 0.05) is 19.2 Å². The molecular weight excluding hydrogens is 473 g/mol. The van der Waals surface area contributed by atoms with E-state index in [0.29, 0.717) is 48.8 Å². The smallest absolute Gasteiger partial charge is 0.310 e. The van der Waals surface area contributed by atoms with Crippen molar-refractivity contribution in [1.29, 1.82) is 0 Å². The summed E-state index contributed by atoms with van der Waals surface area (Å²) in [6.07, 6.45) is 0.0202. The SMILES string of the molecule is COc1ccc2c(c1Cl)c(CC(=O)OCC[Si](C)(C)C)c(C)n2C(=O)c1ccc(Cl)s1. The maximum atomic E-state index is 13.3. The molecule has 2 aromatic heterocycles. The van der Waals surface area contributed by atoms with Crippen LogP contribution in [0.2, 0.25) is 35.0 Å². The number of nitrogens with zero attached hydrogens (tertiary/aromatic N) is 1. The summed E-state index contributed by atoms with van der Waals surface area (Å²) in [6.45, 7) is 8.89. The van der Waals surface area contributed by atoms with E-state index in [1.807, 2.05) is 0 Å². The quantitative estimate of drug-likeness (QED) is 0.278. The Labute approximate surface area is 196 Å². The van der Waals surface area contributed by atoms with Crippen LogP contribution in [-0.4, -0.2) is 38.2 Å². The molecule has 0 fully saturated rings. The number of aromatic nitrogens is 1. The van der Waals surface area contributed by atoms with E-state index >= 15 is 0 Å². The molecule has 31 heavy (non-hydrogen) atoms. The lowest BCUT2D eigenvalue weighted by atomic mass is 10.1. The highest BCUT2D eigenvalue weighted by molar-refractivity contribution is 7.18. The predicted molar refractivity (Wildman–Crippen MR) is 130 cm³/mol. The molecule has 0 radical (unpaired) electrons. The fourth-order valence-electron chi connectivity index (χ4n) is 3.36. The molecule has 3 rings (SSSR count). The molecule has 1 aromatic carbocycles. The lowest BCUT2D eigenvalue weighted by Crippen LogP contribution is -2.23. The van der Waals surface area contributed by atoms with Crippen LogP contribution in [0.1, 0.15) is 20.9 Å². The number of benzene rings is 1. The summed E-state index contributed by atoms with van der Waals surface area (Å²) in [7, 11) is 0.216. The average Bonchev–Trinajstić information content (AvgIpc) is 3.23. The van der Waals surface area contributed by atoms with E-state index in [1.165, 1.54) is 18.4 Å². The number of thiophene rings is 1. The molecule has 3 aromatic rings. The van der Waals surface area contributed by atoms with E-state index in [1.54, 1.807) is 35.8 Å². The highest BCUT2D eigenvalue weighted by Gasteiger charge is 2.26. The molecule has 0 N–H and O–H groups in total. The van der Waals surface area contributed by atoms with Crippen LogP contribution < -0.4 is 4.74 Å². The van der Waals surface area contributed by atoms with Crippen molar-refractivity contribution in [3.05, 3.63) is 49.8 Å². The van der Waals surface area contributed by atoms with Gasteiger partial charge in [0.05, 0.1) is 39.9 Å². The average molecular weight is 499 g/mol. The van der Waals surface area contributed by atoms with Crippen molar-refractivity contribution < 1.29 is 19.1 Å². The molecule has 0 aliphatic carbocycles. The minimum atomic E-state index is -1.31. The van der Waals surface area contributed by atoms with Gasteiger partial charge >= 0.3 is 5.97 Å². The Morgan fingerprint density at radius 2 is 1.84 bits per heavy atom. The van der Waals surface area contributed by atoms with E-state index in [-0.39, 0.29) is 18.3 Å². The Kier molecular flexibility index (Phi) is 7.20. The highest BCUT2D eigenvalue weighted by Crippen LogP contribution is 2.39. The minimum Gasteiger partial charge on any atom is -0.495 e. The zero-order valence-corrected chi connectivity index (χ0v) is 21.5. The second-order valence-electron chi connectivity index (χ2n) is 8.49. The number of hydrogen-bond acceptors (Lipinski definition) is 5. The second-order valence-corrected chi connectivity index (χ2v) is 16.2. The number of methoxy groups -OCH3 is 1. The van der Waals surface area contributed by atoms with Crippen molar-refractivity contribution in [2.24, 2.45) is 0 Å². The molecule has 0 unspecified atom stereocenters. The van der Waals surface area contributed by atoms with Crippen LogP contribution in [0.3, 0.4) is 0 Å². The van der Waals surface area contributed by atoms with Gasteiger partial charge in [0.2, 0.25) is 0 Å². The van der Waals surface area contributed by atoms with Gasteiger partial charge in [-0.2, -0.15) is 0 Å². The summed E-state index contributed by atoms with van der Waals surface area (Å²) in [5.74, 6) is -0.0869. The molecule has 166 valence electrons. The van der Waals surface area contributed by atoms with E-state index in [9.17, 15) is 9.59 Å². The fraction of sp³-hybridized carbons (Fsp3) is 0.364. The van der Waals surface area contributed by atoms with Crippen LogP contribution in [-0.2, 0) is 16.0 Å². The first-order valence-electron chi connectivity index (χ1n) is 9.85. The molecule has 0 atom stereocenters. The molecule has 0 aliphatic rings. The van der Waals surface area contributed by atoms with Gasteiger partial charge in [0.15, 0.2) is 0 Å². The van der Waals surface area contributed by atoms with Gasteiger partial charge in [0.1, 0.15) is 5.75 Å². The van der Waals surface area contributed by atoms with Crippen molar-refractivity contribution in [3.8, 4) is 5.75 Å². The first-order chi connectivity index (χ1) is 14.5. The largest absolute Gasteiger partial charge is 0.495 e. The van der Waals surface area contributed by atoms with Crippen LogP contribution in [0, 0.1) is 6.92 Å². The van der Waals surface area contributed by atoms with Crippen LogP contribution in [0.4, 0.5) is 0 Å². The Morgan fingerprint density at radius 1 is 1.13 bits per heavy atom. The fourth-order valence-corrected chi connectivity index (χ4v) is 5.40. The lowest BCUT2D eigenvalue weighted by molar-refractivity contribution is -0.142. The standard InChI is InChI=1S/C22H25Cl2NO4SSi/c1-13-14(12-19(26)29-10-11-31(3,4)5)20-15(6-7-16(28-2)21(20)24)25(13)22(27)17-8-9-18(23)30-17/h6-9H,10-12H2,1-5H3. The number of hydrogen-bond donors (Lipinski definition) is 0. The summed E-state index contributed by atoms with van der Waals surface area (Å²) in [5.41, 5.74) is 1.91. The molecule has 2 heterocycles. The third-order valence-corrected chi connectivity index (χ3v) is 8.34. The predicted octanol–water partition coefficient (Wildman–Crippen LogP) is 6.44.